The molecule has 12 heteroatoms. The van der Waals surface area contributed by atoms with Gasteiger partial charge in [-0.15, -0.1) is 0 Å². The van der Waals surface area contributed by atoms with Gasteiger partial charge in [0, 0.05) is 55.6 Å². The Morgan fingerprint density at radius 3 is 2.42 bits per heavy atom. The number of hydrogen-bond acceptors (Lipinski definition) is 6. The van der Waals surface area contributed by atoms with Crippen molar-refractivity contribution in [2.24, 2.45) is 14.1 Å². The first-order chi connectivity index (χ1) is 17.1. The molecule has 4 heterocycles. The lowest BCUT2D eigenvalue weighted by Crippen LogP contribution is -2.31. The molecular weight excluding hydrogens is 548 g/mol. The summed E-state index contributed by atoms with van der Waals surface area (Å²) < 4.78 is 24.4. The zero-order valence-electron chi connectivity index (χ0n) is 19.9. The summed E-state index contributed by atoms with van der Waals surface area (Å²) in [5, 5.41) is 5.79. The first-order valence-corrected chi connectivity index (χ1v) is 12.5. The minimum atomic E-state index is -2.08. The van der Waals surface area contributed by atoms with Crippen molar-refractivity contribution >= 4 is 54.9 Å². The molecule has 0 fully saturated rings. The summed E-state index contributed by atoms with van der Waals surface area (Å²) in [4.78, 5) is 34.6. The molecule has 0 saturated heterocycles. The van der Waals surface area contributed by atoms with Crippen molar-refractivity contribution in [3.63, 3.8) is 0 Å². The third kappa shape index (κ3) is 4.74. The van der Waals surface area contributed by atoms with Gasteiger partial charge in [0.25, 0.3) is 11.5 Å². The SMILES string of the molecule is CN(C)C(=O)c1cc2c3c(Br)c(-c4cnn(C)c4)[nH]c3ncc2n(C)c1=O.O=S([O-])c1ccccc1. The molecule has 1 amide bonds. The standard InChI is InChI=1S/C18H17BrN6O2.C6H6O2S/c1-23(2)17(26)11-5-10-12(25(4)18(11)27)7-20-16-13(10)14(19)15(22-16)9-6-21-24(3)8-9;7-9(8)6-4-2-1-3-5-6/h5-8H,1-4H3,(H,20,22);1-5H,(H,7,8)/p-1. The molecule has 0 aliphatic carbocycles. The number of amides is 1. The smallest absolute Gasteiger partial charge is 0.263 e. The fourth-order valence-electron chi connectivity index (χ4n) is 3.72. The molecule has 1 unspecified atom stereocenters. The van der Waals surface area contributed by atoms with Gasteiger partial charge in [-0.05, 0) is 45.2 Å². The number of fused-ring (bicyclic) bond motifs is 3. The zero-order chi connectivity index (χ0) is 26.1. The van der Waals surface area contributed by atoms with E-state index in [1.54, 1.807) is 74.6 Å². The minimum Gasteiger partial charge on any atom is -0.768 e. The fourth-order valence-corrected chi connectivity index (χ4v) is 4.82. The molecule has 1 atom stereocenters. The van der Waals surface area contributed by atoms with E-state index in [1.807, 2.05) is 13.2 Å². The van der Waals surface area contributed by atoms with Crippen molar-refractivity contribution in [1.82, 2.24) is 29.2 Å². The lowest BCUT2D eigenvalue weighted by atomic mass is 10.1. The monoisotopic (exact) mass is 569 g/mol. The highest BCUT2D eigenvalue weighted by atomic mass is 79.9. The van der Waals surface area contributed by atoms with Crippen molar-refractivity contribution in [3.05, 3.63) is 75.4 Å². The summed E-state index contributed by atoms with van der Waals surface area (Å²) in [7, 11) is 6.75. The molecule has 1 N–H and O–H groups in total. The second-order valence-electron chi connectivity index (χ2n) is 8.17. The maximum Gasteiger partial charge on any atom is 0.263 e. The van der Waals surface area contributed by atoms with Crippen LogP contribution in [0.4, 0.5) is 0 Å². The molecular formula is C24H22BrN6O4S-. The maximum absolute atomic E-state index is 12.6. The van der Waals surface area contributed by atoms with Gasteiger partial charge in [-0.1, -0.05) is 18.2 Å². The molecule has 36 heavy (non-hydrogen) atoms. The molecule has 0 aliphatic rings. The van der Waals surface area contributed by atoms with E-state index < -0.39 is 11.1 Å². The van der Waals surface area contributed by atoms with Crippen LogP contribution < -0.4 is 5.56 Å². The van der Waals surface area contributed by atoms with Gasteiger partial charge in [0.15, 0.2) is 0 Å². The number of halogens is 1. The van der Waals surface area contributed by atoms with E-state index in [-0.39, 0.29) is 17.0 Å². The maximum atomic E-state index is 12.6. The first kappa shape index (κ1) is 25.5. The number of pyridine rings is 2. The second kappa shape index (κ2) is 10.2. The molecule has 0 spiro atoms. The normalized spacial score (nSPS) is 11.8. The minimum absolute atomic E-state index is 0.124. The molecule has 186 valence electrons. The first-order valence-electron chi connectivity index (χ1n) is 10.6. The number of aromatic amines is 1. The van der Waals surface area contributed by atoms with Crippen LogP contribution in [0.1, 0.15) is 10.4 Å². The zero-order valence-corrected chi connectivity index (χ0v) is 22.3. The quantitative estimate of drug-likeness (QED) is 0.332. The van der Waals surface area contributed by atoms with Crippen LogP contribution in [0.3, 0.4) is 0 Å². The van der Waals surface area contributed by atoms with Gasteiger partial charge in [0.05, 0.1) is 28.1 Å². The van der Waals surface area contributed by atoms with Gasteiger partial charge < -0.3 is 19.0 Å². The topological polar surface area (TPSA) is 129 Å². The molecule has 5 rings (SSSR count). The number of benzene rings is 1. The second-order valence-corrected chi connectivity index (χ2v) is 9.90. The van der Waals surface area contributed by atoms with Gasteiger partial charge in [0.2, 0.25) is 0 Å². The largest absolute Gasteiger partial charge is 0.768 e. The van der Waals surface area contributed by atoms with Gasteiger partial charge in [-0.2, -0.15) is 5.10 Å². The van der Waals surface area contributed by atoms with Crippen molar-refractivity contribution in [3.8, 4) is 11.3 Å². The molecule has 10 nitrogen and oxygen atoms in total. The number of H-pyrrole nitrogens is 1. The number of aromatic nitrogens is 5. The summed E-state index contributed by atoms with van der Waals surface area (Å²) in [5.74, 6) is -0.332. The molecule has 5 aromatic rings. The van der Waals surface area contributed by atoms with Crippen LogP contribution in [-0.4, -0.2) is 58.0 Å². The molecule has 0 bridgehead atoms. The van der Waals surface area contributed by atoms with Gasteiger partial charge in [0.1, 0.15) is 11.2 Å². The predicted octanol–water partition coefficient (Wildman–Crippen LogP) is 3.20. The van der Waals surface area contributed by atoms with Gasteiger partial charge in [-0.3, -0.25) is 18.5 Å². The highest BCUT2D eigenvalue weighted by molar-refractivity contribution is 9.10. The third-order valence-corrected chi connectivity index (χ3v) is 6.98. The van der Waals surface area contributed by atoms with E-state index in [2.05, 4.69) is 31.0 Å². The van der Waals surface area contributed by atoms with E-state index in [9.17, 15) is 18.4 Å². The Balaban J connectivity index is 0.000000286. The summed E-state index contributed by atoms with van der Waals surface area (Å²) in [5.41, 5.74) is 2.84. The van der Waals surface area contributed by atoms with E-state index >= 15 is 0 Å². The van der Waals surface area contributed by atoms with Crippen LogP contribution in [0.5, 0.6) is 0 Å². The van der Waals surface area contributed by atoms with Crippen molar-refractivity contribution < 1.29 is 13.6 Å². The number of carbonyl (C=O) groups excluding carboxylic acids is 1. The van der Waals surface area contributed by atoms with Crippen LogP contribution in [0, 0.1) is 0 Å². The van der Waals surface area contributed by atoms with Crippen LogP contribution in [0.25, 0.3) is 33.2 Å². The lowest BCUT2D eigenvalue weighted by Gasteiger charge is -2.13. The van der Waals surface area contributed by atoms with Crippen molar-refractivity contribution in [2.75, 3.05) is 14.1 Å². The Labute approximate surface area is 217 Å². The molecule has 0 aliphatic heterocycles. The number of nitrogens with one attached hydrogen (secondary N) is 1. The van der Waals surface area contributed by atoms with Crippen LogP contribution >= 0.6 is 15.9 Å². The van der Waals surface area contributed by atoms with Crippen LogP contribution in [-0.2, 0) is 25.2 Å². The molecule has 4 aromatic heterocycles. The third-order valence-electron chi connectivity index (χ3n) is 5.53. The van der Waals surface area contributed by atoms with E-state index in [4.69, 9.17) is 0 Å². The Morgan fingerprint density at radius 2 is 1.86 bits per heavy atom. The molecule has 0 saturated carbocycles. The lowest BCUT2D eigenvalue weighted by molar-refractivity contribution is 0.0825. The van der Waals surface area contributed by atoms with E-state index in [0.29, 0.717) is 16.1 Å². The van der Waals surface area contributed by atoms with Crippen LogP contribution in [0.2, 0.25) is 0 Å². The fraction of sp³-hybridized carbons (Fsp3) is 0.167. The Bertz CT molecular complexity index is 1670. The predicted molar refractivity (Wildman–Crippen MR) is 140 cm³/mol. The number of carbonyl (C=O) groups is 1. The molecule has 1 aromatic carbocycles. The Morgan fingerprint density at radius 1 is 1.17 bits per heavy atom. The average Bonchev–Trinajstić information content (AvgIpc) is 3.44. The highest BCUT2D eigenvalue weighted by Gasteiger charge is 2.21. The number of rotatable bonds is 3. The number of hydrogen-bond donors (Lipinski definition) is 1. The average molecular weight is 570 g/mol. The summed E-state index contributed by atoms with van der Waals surface area (Å²) in [6, 6.07) is 9.88. The highest BCUT2D eigenvalue weighted by Crippen LogP contribution is 2.37. The van der Waals surface area contributed by atoms with Crippen molar-refractivity contribution in [1.29, 1.82) is 0 Å². The van der Waals surface area contributed by atoms with Crippen LogP contribution in [0.15, 0.2) is 69.2 Å². The summed E-state index contributed by atoms with van der Waals surface area (Å²) in [6.07, 6.45) is 5.29. The van der Waals surface area contributed by atoms with Crippen molar-refractivity contribution in [2.45, 2.75) is 4.90 Å². The Hall–Kier alpha value is -3.61. The number of aryl methyl sites for hydroxylation is 2. The van der Waals surface area contributed by atoms with E-state index in [0.717, 1.165) is 26.5 Å². The summed E-state index contributed by atoms with van der Waals surface area (Å²) >= 11 is 1.58. The number of nitrogens with zero attached hydrogens (tertiary/aromatic N) is 5. The van der Waals surface area contributed by atoms with Gasteiger partial charge >= 0.3 is 0 Å². The Kier molecular flexibility index (Phi) is 7.20. The van der Waals surface area contributed by atoms with Gasteiger partial charge in [-0.25, -0.2) is 4.98 Å². The molecule has 0 radical (unpaired) electrons. The summed E-state index contributed by atoms with van der Waals surface area (Å²) in [6.45, 7) is 0. The van der Waals surface area contributed by atoms with E-state index in [1.165, 1.54) is 9.47 Å².